The molecule has 0 spiro atoms. The fraction of sp³-hybridized carbons (Fsp3) is 0.607. The molecule has 0 unspecified atom stereocenters. The number of nitrogens with one attached hydrogen (secondary N) is 2. The Bertz CT molecular complexity index is 1060. The monoisotopic (exact) mass is 460 g/mol. The van der Waals surface area contributed by atoms with Gasteiger partial charge in [0.25, 0.3) is 0 Å². The number of pyridine rings is 1. The van der Waals surface area contributed by atoms with E-state index in [2.05, 4.69) is 16.7 Å². The lowest BCUT2D eigenvalue weighted by Gasteiger charge is -2.56. The number of carbonyl (C=O) groups is 2. The van der Waals surface area contributed by atoms with Gasteiger partial charge in [0.2, 0.25) is 11.8 Å². The highest BCUT2D eigenvalue weighted by molar-refractivity contribution is 6.01. The topological polar surface area (TPSA) is 74.3 Å². The molecular weight excluding hydrogens is 424 g/mol. The maximum atomic E-state index is 13.1. The first-order chi connectivity index (χ1) is 16.6. The third kappa shape index (κ3) is 4.39. The molecule has 2 amide bonds. The number of nitrogens with zero attached hydrogens (tertiary/aromatic N) is 2. The van der Waals surface area contributed by atoms with E-state index in [1.807, 2.05) is 29.2 Å². The standard InChI is InChI=1S/C28H36N4O2/c33-26(18-28-15-19-12-20(16-28)14-21(13-19)17-28)31-24-5-1-4-23-22(24)7-8-25(30-23)29-9-3-11-32-10-2-6-27(32)34/h1,4-5,7-8,19-21H,2-3,6,9-18H2,(H,29,30)(H,31,33). The third-order valence-electron chi connectivity index (χ3n) is 8.79. The van der Waals surface area contributed by atoms with Gasteiger partial charge in [-0.15, -0.1) is 0 Å². The Hall–Kier alpha value is -2.63. The molecule has 7 rings (SSSR count). The van der Waals surface area contributed by atoms with Gasteiger partial charge in [0.05, 0.1) is 11.2 Å². The lowest BCUT2D eigenvalue weighted by atomic mass is 9.49. The van der Waals surface area contributed by atoms with Crippen LogP contribution < -0.4 is 10.6 Å². The van der Waals surface area contributed by atoms with Crippen LogP contribution in [-0.2, 0) is 9.59 Å². The van der Waals surface area contributed by atoms with Crippen molar-refractivity contribution in [1.82, 2.24) is 9.88 Å². The van der Waals surface area contributed by atoms with Gasteiger partial charge in [-0.25, -0.2) is 4.98 Å². The van der Waals surface area contributed by atoms with Crippen LogP contribution in [0.3, 0.4) is 0 Å². The number of benzene rings is 1. The van der Waals surface area contributed by atoms with Gasteiger partial charge in [0.15, 0.2) is 0 Å². The first-order valence-corrected chi connectivity index (χ1v) is 13.3. The highest BCUT2D eigenvalue weighted by atomic mass is 16.2. The molecule has 34 heavy (non-hydrogen) atoms. The summed E-state index contributed by atoms with van der Waals surface area (Å²) in [6.45, 7) is 2.48. The van der Waals surface area contributed by atoms with Gasteiger partial charge in [-0.1, -0.05) is 6.07 Å². The number of fused-ring (bicyclic) bond motifs is 1. The summed E-state index contributed by atoms with van der Waals surface area (Å²) in [6.07, 6.45) is 11.2. The first-order valence-electron chi connectivity index (χ1n) is 13.3. The number of aromatic nitrogens is 1. The Morgan fingerprint density at radius 1 is 1.06 bits per heavy atom. The summed E-state index contributed by atoms with van der Waals surface area (Å²) >= 11 is 0. The quantitative estimate of drug-likeness (QED) is 0.531. The summed E-state index contributed by atoms with van der Waals surface area (Å²) in [5.41, 5.74) is 1.99. The van der Waals surface area contributed by atoms with E-state index in [4.69, 9.17) is 4.98 Å². The van der Waals surface area contributed by atoms with Gasteiger partial charge in [0, 0.05) is 37.9 Å². The molecule has 6 nitrogen and oxygen atoms in total. The van der Waals surface area contributed by atoms with E-state index < -0.39 is 0 Å². The first kappa shape index (κ1) is 21.9. The Labute approximate surface area is 201 Å². The molecule has 6 heteroatoms. The van der Waals surface area contributed by atoms with E-state index in [-0.39, 0.29) is 17.2 Å². The molecule has 5 aliphatic rings. The van der Waals surface area contributed by atoms with Crippen LogP contribution in [0.5, 0.6) is 0 Å². The van der Waals surface area contributed by atoms with E-state index >= 15 is 0 Å². The highest BCUT2D eigenvalue weighted by Crippen LogP contribution is 2.61. The molecule has 5 fully saturated rings. The zero-order chi connectivity index (χ0) is 23.1. The Morgan fingerprint density at radius 3 is 2.53 bits per heavy atom. The van der Waals surface area contributed by atoms with E-state index in [1.165, 1.54) is 38.5 Å². The number of amides is 2. The zero-order valence-electron chi connectivity index (χ0n) is 20.0. The van der Waals surface area contributed by atoms with Crippen LogP contribution in [0.2, 0.25) is 0 Å². The van der Waals surface area contributed by atoms with Crippen molar-refractivity contribution in [3.63, 3.8) is 0 Å². The van der Waals surface area contributed by atoms with Gasteiger partial charge >= 0.3 is 0 Å². The van der Waals surface area contributed by atoms with E-state index in [1.54, 1.807) is 0 Å². The Morgan fingerprint density at radius 2 is 1.82 bits per heavy atom. The summed E-state index contributed by atoms with van der Waals surface area (Å²) in [5, 5.41) is 7.60. The van der Waals surface area contributed by atoms with Gasteiger partial charge < -0.3 is 15.5 Å². The second-order valence-corrected chi connectivity index (χ2v) is 11.5. The molecule has 4 saturated carbocycles. The van der Waals surface area contributed by atoms with Crippen molar-refractivity contribution in [3.05, 3.63) is 30.3 Å². The van der Waals surface area contributed by atoms with Crippen LogP contribution in [0.25, 0.3) is 10.9 Å². The van der Waals surface area contributed by atoms with Crippen molar-refractivity contribution in [2.45, 2.75) is 64.2 Å². The fourth-order valence-electron chi connectivity index (χ4n) is 7.83. The predicted molar refractivity (Wildman–Crippen MR) is 135 cm³/mol. The maximum absolute atomic E-state index is 13.1. The van der Waals surface area contributed by atoms with Crippen LogP contribution in [-0.4, -0.2) is 41.3 Å². The smallest absolute Gasteiger partial charge is 0.224 e. The van der Waals surface area contributed by atoms with Crippen LogP contribution >= 0.6 is 0 Å². The molecule has 4 bridgehead atoms. The molecular formula is C28H36N4O2. The molecule has 0 radical (unpaired) electrons. The van der Waals surface area contributed by atoms with Crippen molar-refractivity contribution in [3.8, 4) is 0 Å². The van der Waals surface area contributed by atoms with E-state index in [0.717, 1.165) is 72.6 Å². The van der Waals surface area contributed by atoms with Gasteiger partial charge in [0.1, 0.15) is 5.82 Å². The van der Waals surface area contributed by atoms with Crippen LogP contribution in [0, 0.1) is 23.2 Å². The van der Waals surface area contributed by atoms with Gasteiger partial charge in [-0.2, -0.15) is 0 Å². The third-order valence-corrected chi connectivity index (χ3v) is 8.79. The second kappa shape index (κ2) is 8.86. The van der Waals surface area contributed by atoms with E-state index in [0.29, 0.717) is 12.8 Å². The summed E-state index contributed by atoms with van der Waals surface area (Å²) < 4.78 is 0. The number of rotatable bonds is 8. The lowest BCUT2D eigenvalue weighted by molar-refractivity contribution is -0.127. The molecule has 1 aromatic heterocycles. The molecule has 2 aromatic rings. The molecule has 1 aliphatic heterocycles. The summed E-state index contributed by atoms with van der Waals surface area (Å²) in [7, 11) is 0. The molecule has 180 valence electrons. The fourth-order valence-corrected chi connectivity index (χ4v) is 7.83. The highest BCUT2D eigenvalue weighted by Gasteiger charge is 2.51. The number of likely N-dealkylation sites (tertiary alicyclic amines) is 1. The minimum atomic E-state index is 0.160. The predicted octanol–water partition coefficient (Wildman–Crippen LogP) is 5.20. The largest absolute Gasteiger partial charge is 0.370 e. The molecule has 4 aliphatic carbocycles. The number of anilines is 2. The average molecular weight is 461 g/mol. The number of hydrogen-bond acceptors (Lipinski definition) is 4. The molecule has 2 heterocycles. The van der Waals surface area contributed by atoms with Crippen LogP contribution in [0.4, 0.5) is 11.5 Å². The van der Waals surface area contributed by atoms with Crippen molar-refractivity contribution >= 4 is 34.2 Å². The minimum absolute atomic E-state index is 0.160. The van der Waals surface area contributed by atoms with Crippen LogP contribution in [0.15, 0.2) is 30.3 Å². The summed E-state index contributed by atoms with van der Waals surface area (Å²) in [4.78, 5) is 31.6. The second-order valence-electron chi connectivity index (χ2n) is 11.5. The Kier molecular flexibility index (Phi) is 5.70. The SMILES string of the molecule is O=C(CC12CC3CC(CC(C3)C1)C2)Nc1cccc2nc(NCCCN3CCCC3=O)ccc12. The van der Waals surface area contributed by atoms with Crippen molar-refractivity contribution in [1.29, 1.82) is 0 Å². The Balaban J connectivity index is 1.07. The molecule has 1 aromatic carbocycles. The average Bonchev–Trinajstić information content (AvgIpc) is 3.20. The summed E-state index contributed by atoms with van der Waals surface area (Å²) in [6, 6.07) is 9.99. The van der Waals surface area contributed by atoms with Crippen LogP contribution in [0.1, 0.15) is 64.2 Å². The normalized spacial score (nSPS) is 29.7. The van der Waals surface area contributed by atoms with Gasteiger partial charge in [-0.05, 0) is 98.8 Å². The number of hydrogen-bond donors (Lipinski definition) is 2. The maximum Gasteiger partial charge on any atom is 0.224 e. The summed E-state index contributed by atoms with van der Waals surface area (Å²) in [5.74, 6) is 3.86. The van der Waals surface area contributed by atoms with Gasteiger partial charge in [-0.3, -0.25) is 9.59 Å². The lowest BCUT2D eigenvalue weighted by Crippen LogP contribution is -2.47. The molecule has 2 N–H and O–H groups in total. The molecule has 1 saturated heterocycles. The van der Waals surface area contributed by atoms with Crippen molar-refractivity contribution in [2.24, 2.45) is 23.2 Å². The van der Waals surface area contributed by atoms with Crippen molar-refractivity contribution in [2.75, 3.05) is 30.3 Å². The van der Waals surface area contributed by atoms with Crippen molar-refractivity contribution < 1.29 is 9.59 Å². The zero-order valence-corrected chi connectivity index (χ0v) is 20.0. The minimum Gasteiger partial charge on any atom is -0.370 e. The van der Waals surface area contributed by atoms with E-state index in [9.17, 15) is 9.59 Å². The number of carbonyl (C=O) groups excluding carboxylic acids is 2. The molecule has 0 atom stereocenters.